The standard InChI is InChI=1S/C5H13N3O/c1-7(2)8(9)4-3-6-5-8/h6H,3-5H2,1-2H3. The van der Waals surface area contributed by atoms with Crippen molar-refractivity contribution in [3.63, 3.8) is 0 Å². The highest BCUT2D eigenvalue weighted by Crippen LogP contribution is 2.07. The normalized spacial score (nSPS) is 36.0. The van der Waals surface area contributed by atoms with E-state index in [0.29, 0.717) is 13.2 Å². The molecule has 0 aromatic carbocycles. The van der Waals surface area contributed by atoms with Gasteiger partial charge in [0.05, 0.1) is 6.54 Å². The maximum Gasteiger partial charge on any atom is 0.150 e. The molecule has 4 nitrogen and oxygen atoms in total. The maximum atomic E-state index is 11.4. The molecule has 0 saturated carbocycles. The van der Waals surface area contributed by atoms with Crippen molar-refractivity contribution < 1.29 is 4.76 Å². The number of rotatable bonds is 1. The molecule has 1 aliphatic rings. The van der Waals surface area contributed by atoms with E-state index in [0.717, 1.165) is 6.54 Å². The molecule has 0 bridgehead atoms. The van der Waals surface area contributed by atoms with Crippen molar-refractivity contribution in [2.45, 2.75) is 0 Å². The van der Waals surface area contributed by atoms with Crippen LogP contribution in [0.15, 0.2) is 0 Å². The van der Waals surface area contributed by atoms with Gasteiger partial charge in [-0.3, -0.25) is 10.1 Å². The highest BCUT2D eigenvalue weighted by atomic mass is 16.6. The van der Waals surface area contributed by atoms with Gasteiger partial charge < -0.3 is 5.21 Å². The van der Waals surface area contributed by atoms with Crippen molar-refractivity contribution in [3.8, 4) is 0 Å². The molecule has 0 spiro atoms. The predicted molar refractivity (Wildman–Crippen MR) is 35.1 cm³/mol. The van der Waals surface area contributed by atoms with Crippen LogP contribution in [0, 0.1) is 5.21 Å². The fourth-order valence-corrected chi connectivity index (χ4v) is 0.928. The quantitative estimate of drug-likeness (QED) is 0.379. The third kappa shape index (κ3) is 1.21. The molecule has 9 heavy (non-hydrogen) atoms. The number of hydrogen-bond donors (Lipinski definition) is 1. The van der Waals surface area contributed by atoms with Crippen molar-refractivity contribution >= 4 is 0 Å². The first-order valence-electron chi connectivity index (χ1n) is 3.12. The second-order valence-electron chi connectivity index (χ2n) is 2.58. The van der Waals surface area contributed by atoms with E-state index in [2.05, 4.69) is 5.32 Å². The Morgan fingerprint density at radius 3 is 2.44 bits per heavy atom. The second kappa shape index (κ2) is 2.22. The first-order chi connectivity index (χ1) is 4.15. The lowest BCUT2D eigenvalue weighted by atomic mass is 10.7. The van der Waals surface area contributed by atoms with Crippen LogP contribution < -0.4 is 5.32 Å². The van der Waals surface area contributed by atoms with E-state index >= 15 is 0 Å². The van der Waals surface area contributed by atoms with Crippen molar-refractivity contribution in [3.05, 3.63) is 5.21 Å². The first-order valence-corrected chi connectivity index (χ1v) is 3.12. The largest absolute Gasteiger partial charge is 0.610 e. The zero-order valence-electron chi connectivity index (χ0n) is 5.92. The molecule has 0 aromatic rings. The minimum Gasteiger partial charge on any atom is -0.610 e. The molecule has 1 heterocycles. The lowest BCUT2D eigenvalue weighted by Gasteiger charge is -2.41. The highest BCUT2D eigenvalue weighted by molar-refractivity contribution is 4.50. The summed E-state index contributed by atoms with van der Waals surface area (Å²) in [6.45, 7) is 2.02. The minimum absolute atomic E-state index is 0.222. The summed E-state index contributed by atoms with van der Waals surface area (Å²) in [5, 5.41) is 16.1. The lowest BCUT2D eigenvalue weighted by molar-refractivity contribution is -0.978. The number of quaternary nitrogens is 1. The van der Waals surface area contributed by atoms with E-state index in [-0.39, 0.29) is 4.76 Å². The zero-order chi connectivity index (χ0) is 6.91. The lowest BCUT2D eigenvalue weighted by Crippen LogP contribution is -2.51. The minimum atomic E-state index is -0.222. The molecule has 1 atom stereocenters. The summed E-state index contributed by atoms with van der Waals surface area (Å²) < 4.78 is -0.222. The van der Waals surface area contributed by atoms with Gasteiger partial charge in [0, 0.05) is 14.1 Å². The third-order valence-corrected chi connectivity index (χ3v) is 1.73. The van der Waals surface area contributed by atoms with Gasteiger partial charge in [0.15, 0.2) is 6.67 Å². The molecule has 1 unspecified atom stereocenters. The Morgan fingerprint density at radius 2 is 2.22 bits per heavy atom. The van der Waals surface area contributed by atoms with E-state index < -0.39 is 0 Å². The summed E-state index contributed by atoms with van der Waals surface area (Å²) in [5.41, 5.74) is 0. The van der Waals surface area contributed by atoms with Crippen LogP contribution in [0.3, 0.4) is 0 Å². The summed E-state index contributed by atoms with van der Waals surface area (Å²) in [6, 6.07) is 0. The number of hydroxylamine groups is 2. The summed E-state index contributed by atoms with van der Waals surface area (Å²) in [5.74, 6) is 0. The topological polar surface area (TPSA) is 38.3 Å². The van der Waals surface area contributed by atoms with Crippen LogP contribution in [0.25, 0.3) is 0 Å². The monoisotopic (exact) mass is 131 g/mol. The van der Waals surface area contributed by atoms with Crippen LogP contribution in [0.2, 0.25) is 0 Å². The van der Waals surface area contributed by atoms with Gasteiger partial charge in [-0.1, -0.05) is 0 Å². The van der Waals surface area contributed by atoms with E-state index in [1.807, 2.05) is 0 Å². The molecule has 1 aliphatic heterocycles. The average molecular weight is 131 g/mol. The molecule has 4 heteroatoms. The van der Waals surface area contributed by atoms with E-state index in [1.165, 1.54) is 0 Å². The van der Waals surface area contributed by atoms with E-state index in [4.69, 9.17) is 0 Å². The van der Waals surface area contributed by atoms with Gasteiger partial charge in [0.2, 0.25) is 0 Å². The van der Waals surface area contributed by atoms with E-state index in [9.17, 15) is 5.21 Å². The smallest absolute Gasteiger partial charge is 0.150 e. The highest BCUT2D eigenvalue weighted by Gasteiger charge is 2.24. The third-order valence-electron chi connectivity index (χ3n) is 1.73. The van der Waals surface area contributed by atoms with Crippen molar-refractivity contribution in [1.29, 1.82) is 0 Å². The molecule has 1 rings (SSSR count). The Kier molecular flexibility index (Phi) is 1.72. The van der Waals surface area contributed by atoms with Crippen LogP contribution >= 0.6 is 0 Å². The fourth-order valence-electron chi connectivity index (χ4n) is 0.928. The molecule has 0 aromatic heterocycles. The van der Waals surface area contributed by atoms with Gasteiger partial charge in [0.1, 0.15) is 6.54 Å². The molecule has 0 amide bonds. The Labute approximate surface area is 55.2 Å². The van der Waals surface area contributed by atoms with Gasteiger partial charge in [-0.15, -0.1) is 0 Å². The zero-order valence-corrected chi connectivity index (χ0v) is 5.92. The van der Waals surface area contributed by atoms with Gasteiger partial charge in [-0.2, -0.15) is 5.01 Å². The second-order valence-corrected chi connectivity index (χ2v) is 2.58. The Hall–Kier alpha value is -0.160. The molecule has 0 radical (unpaired) electrons. The van der Waals surface area contributed by atoms with Crippen molar-refractivity contribution in [2.24, 2.45) is 0 Å². The SMILES string of the molecule is CN(C)[N+]1([O-])CCNC1. The predicted octanol–water partition coefficient (Wildman–Crippen LogP) is -0.662. The van der Waals surface area contributed by atoms with Gasteiger partial charge in [0.25, 0.3) is 0 Å². The molecule has 1 N–H and O–H groups in total. The molecule has 1 saturated heterocycles. The molecule has 54 valence electrons. The van der Waals surface area contributed by atoms with Crippen LogP contribution in [0.1, 0.15) is 0 Å². The Morgan fingerprint density at radius 1 is 1.56 bits per heavy atom. The van der Waals surface area contributed by atoms with Crippen LogP contribution in [0.4, 0.5) is 0 Å². The number of hydrogen-bond acceptors (Lipinski definition) is 3. The van der Waals surface area contributed by atoms with E-state index in [1.54, 1.807) is 19.1 Å². The molecule has 0 aliphatic carbocycles. The van der Waals surface area contributed by atoms with Gasteiger partial charge in [-0.05, 0) is 0 Å². The summed E-state index contributed by atoms with van der Waals surface area (Å²) in [6.07, 6.45) is 0. The summed E-state index contributed by atoms with van der Waals surface area (Å²) in [7, 11) is 3.61. The molecular weight excluding hydrogens is 118 g/mol. The Bertz CT molecular complexity index is 98.4. The number of nitrogens with zero attached hydrogens (tertiary/aromatic N) is 2. The Balaban J connectivity index is 2.51. The average Bonchev–Trinajstić information content (AvgIpc) is 2.16. The van der Waals surface area contributed by atoms with Crippen LogP contribution in [-0.2, 0) is 0 Å². The molecule has 1 fully saturated rings. The molecular formula is C5H13N3O. The summed E-state index contributed by atoms with van der Waals surface area (Å²) >= 11 is 0. The van der Waals surface area contributed by atoms with Gasteiger partial charge >= 0.3 is 0 Å². The fraction of sp³-hybridized carbons (Fsp3) is 1.00. The van der Waals surface area contributed by atoms with Gasteiger partial charge in [-0.25, -0.2) is 0 Å². The number of nitrogens with one attached hydrogen (secondary N) is 1. The first kappa shape index (κ1) is 6.95. The van der Waals surface area contributed by atoms with Crippen molar-refractivity contribution in [1.82, 2.24) is 10.3 Å². The summed E-state index contributed by atoms with van der Waals surface area (Å²) in [4.78, 5) is 0. The van der Waals surface area contributed by atoms with Crippen molar-refractivity contribution in [2.75, 3.05) is 33.9 Å². The maximum absolute atomic E-state index is 11.4. The van der Waals surface area contributed by atoms with Crippen LogP contribution in [-0.4, -0.2) is 43.6 Å². The van der Waals surface area contributed by atoms with Crippen LogP contribution in [0.5, 0.6) is 0 Å².